The number of phenols is 1. The van der Waals surface area contributed by atoms with Crippen molar-refractivity contribution < 1.29 is 57.0 Å². The standard InChI is InChI=1S/C25H20N6O13S4/c32-21-12-19(48(42,43)44)8-13-7-18(47(39,40)41)11-20(22(13)21)28-25-30-23(26-14-3-1-5-16(9-14)45(33,34)35)29-24(31-25)27-15-4-2-6-17(10-15)46(36,37)38/h1-12,32H,(H,33,34,35)(H,36,37,38)(H,39,40,41)(H,42,43,44)(H3,26,27,28,29,30,31). The van der Waals surface area contributed by atoms with Gasteiger partial charge in [0.15, 0.2) is 0 Å². The van der Waals surface area contributed by atoms with Crippen LogP contribution in [0.4, 0.5) is 34.9 Å². The molecule has 0 radical (unpaired) electrons. The van der Waals surface area contributed by atoms with Crippen molar-refractivity contribution in [3.05, 3.63) is 72.8 Å². The predicted molar refractivity (Wildman–Crippen MR) is 167 cm³/mol. The van der Waals surface area contributed by atoms with E-state index >= 15 is 0 Å². The Kier molecular flexibility index (Phi) is 8.74. The fourth-order valence-corrected chi connectivity index (χ4v) is 6.36. The molecule has 0 aliphatic heterocycles. The van der Waals surface area contributed by atoms with E-state index in [1.165, 1.54) is 24.3 Å². The molecule has 0 aliphatic rings. The second-order valence-corrected chi connectivity index (χ2v) is 15.3. The van der Waals surface area contributed by atoms with Crippen LogP contribution in [0.5, 0.6) is 5.75 Å². The van der Waals surface area contributed by atoms with E-state index < -0.39 is 71.8 Å². The summed E-state index contributed by atoms with van der Waals surface area (Å²) in [5.74, 6) is -1.86. The quantitative estimate of drug-likeness (QED) is 0.0954. The van der Waals surface area contributed by atoms with Gasteiger partial charge in [0.25, 0.3) is 40.5 Å². The van der Waals surface area contributed by atoms with Crippen molar-refractivity contribution in [3.63, 3.8) is 0 Å². The average molecular weight is 741 g/mol. The van der Waals surface area contributed by atoms with E-state index in [4.69, 9.17) is 0 Å². The Bertz CT molecular complexity index is 2460. The van der Waals surface area contributed by atoms with E-state index in [-0.39, 0.29) is 39.7 Å². The molecule has 252 valence electrons. The molecule has 19 nitrogen and oxygen atoms in total. The fourth-order valence-electron chi connectivity index (χ4n) is 4.23. The minimum Gasteiger partial charge on any atom is -0.507 e. The highest BCUT2D eigenvalue weighted by atomic mass is 32.2. The maximum absolute atomic E-state index is 12.1. The van der Waals surface area contributed by atoms with E-state index in [2.05, 4.69) is 30.9 Å². The van der Waals surface area contributed by atoms with Gasteiger partial charge < -0.3 is 21.1 Å². The van der Waals surface area contributed by atoms with E-state index in [1.807, 2.05) is 0 Å². The monoisotopic (exact) mass is 740 g/mol. The fraction of sp³-hybridized carbons (Fsp3) is 0. The van der Waals surface area contributed by atoms with Crippen LogP contribution in [0.25, 0.3) is 10.8 Å². The van der Waals surface area contributed by atoms with Crippen molar-refractivity contribution in [1.82, 2.24) is 15.0 Å². The molecule has 0 fully saturated rings. The summed E-state index contributed by atoms with van der Waals surface area (Å²) in [6.07, 6.45) is 0. The van der Waals surface area contributed by atoms with Crippen LogP contribution in [0.1, 0.15) is 0 Å². The number of anilines is 6. The van der Waals surface area contributed by atoms with Crippen LogP contribution < -0.4 is 16.0 Å². The van der Waals surface area contributed by atoms with Gasteiger partial charge in [-0.2, -0.15) is 48.6 Å². The van der Waals surface area contributed by atoms with Gasteiger partial charge in [-0.05, 0) is 60.0 Å². The summed E-state index contributed by atoms with van der Waals surface area (Å²) in [7, 11) is -19.1. The number of fused-ring (bicyclic) bond motifs is 1. The van der Waals surface area contributed by atoms with Crippen molar-refractivity contribution in [2.75, 3.05) is 16.0 Å². The number of rotatable bonds is 10. The van der Waals surface area contributed by atoms with Gasteiger partial charge in [-0.3, -0.25) is 18.2 Å². The average Bonchev–Trinajstić information content (AvgIpc) is 2.95. The Morgan fingerprint density at radius 3 is 1.29 bits per heavy atom. The van der Waals surface area contributed by atoms with E-state index in [1.54, 1.807) is 0 Å². The van der Waals surface area contributed by atoms with Crippen LogP contribution in [-0.2, 0) is 40.5 Å². The number of nitrogens with zero attached hydrogens (tertiary/aromatic N) is 3. The number of nitrogens with one attached hydrogen (secondary N) is 3. The van der Waals surface area contributed by atoms with Gasteiger partial charge in [0, 0.05) is 22.8 Å². The van der Waals surface area contributed by atoms with Crippen molar-refractivity contribution in [3.8, 4) is 5.75 Å². The molecular formula is C25H20N6O13S4. The molecule has 5 aromatic rings. The second kappa shape index (κ2) is 12.2. The molecule has 1 heterocycles. The Morgan fingerprint density at radius 2 is 0.875 bits per heavy atom. The van der Waals surface area contributed by atoms with Crippen molar-refractivity contribution in [1.29, 1.82) is 0 Å². The minimum absolute atomic E-state index is 0.0378. The largest absolute Gasteiger partial charge is 0.507 e. The first-order chi connectivity index (χ1) is 22.2. The SMILES string of the molecule is O=S(=O)(O)c1cccc(Nc2nc(Nc3cccc(S(=O)(=O)O)c3)nc(Nc3cc(S(=O)(=O)O)cc4cc(S(=O)(=O)O)cc(O)c34)n2)c1. The molecule has 4 aromatic carbocycles. The lowest BCUT2D eigenvalue weighted by Crippen LogP contribution is -2.09. The molecule has 1 aromatic heterocycles. The van der Waals surface area contributed by atoms with Crippen molar-refractivity contribution >= 4 is 86.2 Å². The minimum atomic E-state index is -4.95. The van der Waals surface area contributed by atoms with E-state index in [9.17, 15) is 57.0 Å². The van der Waals surface area contributed by atoms with Gasteiger partial charge in [0.05, 0.1) is 25.3 Å². The molecular weight excluding hydrogens is 721 g/mol. The lowest BCUT2D eigenvalue weighted by Gasteiger charge is -2.15. The zero-order chi connectivity index (χ0) is 35.2. The lowest BCUT2D eigenvalue weighted by atomic mass is 10.1. The summed E-state index contributed by atoms with van der Waals surface area (Å²) < 4.78 is 132. The van der Waals surface area contributed by atoms with Crippen LogP contribution in [0, 0.1) is 0 Å². The third-order valence-corrected chi connectivity index (χ3v) is 9.59. The Hall–Kier alpha value is -5.01. The van der Waals surface area contributed by atoms with Gasteiger partial charge in [-0.15, -0.1) is 0 Å². The third kappa shape index (κ3) is 7.92. The van der Waals surface area contributed by atoms with Crippen molar-refractivity contribution in [2.24, 2.45) is 0 Å². The maximum atomic E-state index is 12.1. The first kappa shape index (κ1) is 34.3. The Balaban J connectivity index is 1.67. The number of aromatic hydroxyl groups is 1. The van der Waals surface area contributed by atoms with Crippen LogP contribution in [-0.4, -0.2) is 71.9 Å². The number of benzene rings is 4. The Morgan fingerprint density at radius 1 is 0.479 bits per heavy atom. The third-order valence-electron chi connectivity index (χ3n) is 6.23. The molecule has 0 saturated heterocycles. The Labute approximate surface area is 271 Å². The highest BCUT2D eigenvalue weighted by Crippen LogP contribution is 2.38. The molecule has 0 spiro atoms. The van der Waals surface area contributed by atoms with Crippen LogP contribution in [0.2, 0.25) is 0 Å². The number of hydrogen-bond donors (Lipinski definition) is 8. The molecule has 0 atom stereocenters. The summed E-state index contributed by atoms with van der Waals surface area (Å²) in [6.45, 7) is 0. The zero-order valence-corrected chi connectivity index (χ0v) is 26.7. The second-order valence-electron chi connectivity index (χ2n) is 9.65. The molecule has 0 aliphatic carbocycles. The maximum Gasteiger partial charge on any atom is 0.294 e. The number of phenolic OH excluding ortho intramolecular Hbond substituents is 1. The first-order valence-corrected chi connectivity index (χ1v) is 18.4. The molecule has 5 rings (SSSR count). The lowest BCUT2D eigenvalue weighted by molar-refractivity contribution is 0.471. The summed E-state index contributed by atoms with van der Waals surface area (Å²) in [5, 5.41) is 18.2. The van der Waals surface area contributed by atoms with Crippen LogP contribution in [0.15, 0.2) is 92.4 Å². The van der Waals surface area contributed by atoms with Gasteiger partial charge in [0.1, 0.15) is 5.75 Å². The molecule has 0 amide bonds. The van der Waals surface area contributed by atoms with E-state index in [0.717, 1.165) is 42.5 Å². The summed E-state index contributed by atoms with van der Waals surface area (Å²) in [6, 6.07) is 12.7. The van der Waals surface area contributed by atoms with E-state index in [0.29, 0.717) is 6.07 Å². The highest BCUT2D eigenvalue weighted by Gasteiger charge is 2.21. The van der Waals surface area contributed by atoms with Gasteiger partial charge in [-0.1, -0.05) is 12.1 Å². The molecule has 48 heavy (non-hydrogen) atoms. The van der Waals surface area contributed by atoms with Gasteiger partial charge in [-0.25, -0.2) is 0 Å². The van der Waals surface area contributed by atoms with Crippen LogP contribution >= 0.6 is 0 Å². The predicted octanol–water partition coefficient (Wildman–Crippen LogP) is 2.95. The van der Waals surface area contributed by atoms with Crippen LogP contribution in [0.3, 0.4) is 0 Å². The highest BCUT2D eigenvalue weighted by molar-refractivity contribution is 7.86. The topological polar surface area (TPSA) is 312 Å². The summed E-state index contributed by atoms with van der Waals surface area (Å²) in [5.41, 5.74) is -0.240. The number of hydrogen-bond acceptors (Lipinski definition) is 15. The van der Waals surface area contributed by atoms with Gasteiger partial charge in [0.2, 0.25) is 17.8 Å². The summed E-state index contributed by atoms with van der Waals surface area (Å²) >= 11 is 0. The zero-order valence-electron chi connectivity index (χ0n) is 23.4. The van der Waals surface area contributed by atoms with Crippen molar-refractivity contribution in [2.45, 2.75) is 19.6 Å². The van der Waals surface area contributed by atoms with Gasteiger partial charge >= 0.3 is 0 Å². The molecule has 8 N–H and O–H groups in total. The summed E-state index contributed by atoms with van der Waals surface area (Å²) in [4.78, 5) is 9.85. The first-order valence-electron chi connectivity index (χ1n) is 12.6. The normalized spacial score (nSPS) is 12.5. The molecule has 0 unspecified atom stereocenters. The molecule has 23 heteroatoms. The smallest absolute Gasteiger partial charge is 0.294 e. The number of aromatic nitrogens is 3. The molecule has 0 bridgehead atoms. The molecule has 0 saturated carbocycles.